The Balaban J connectivity index is 1.35. The van der Waals surface area contributed by atoms with E-state index >= 15 is 0 Å². The summed E-state index contributed by atoms with van der Waals surface area (Å²) in [4.78, 5) is 4.47. The number of thioether (sulfide) groups is 1. The molecule has 0 aliphatic heterocycles. The van der Waals surface area contributed by atoms with Crippen LogP contribution in [0.15, 0.2) is 71.9 Å². The number of aromatic hydroxyl groups is 2. The minimum atomic E-state index is -0.0338. The number of aromatic amines is 1. The van der Waals surface area contributed by atoms with Crippen LogP contribution in [0.1, 0.15) is 23.6 Å². The maximum atomic E-state index is 10.2. The molecule has 158 valence electrons. The molecule has 0 spiro atoms. The van der Waals surface area contributed by atoms with Crippen LogP contribution in [-0.4, -0.2) is 25.4 Å². The monoisotopic (exact) mass is 433 g/mol. The van der Waals surface area contributed by atoms with Crippen LogP contribution in [0.3, 0.4) is 0 Å². The van der Waals surface area contributed by atoms with Crippen molar-refractivity contribution in [2.75, 3.05) is 0 Å². The van der Waals surface area contributed by atoms with Gasteiger partial charge in [0, 0.05) is 11.8 Å². The average Bonchev–Trinajstić information content (AvgIpc) is 3.26. The summed E-state index contributed by atoms with van der Waals surface area (Å²) in [5.41, 5.74) is 3.53. The second-order valence-corrected chi connectivity index (χ2v) is 7.97. The highest BCUT2D eigenvalue weighted by molar-refractivity contribution is 7.98. The number of hydrogen-bond acceptors (Lipinski definition) is 6. The predicted octanol–water partition coefficient (Wildman–Crippen LogP) is 5.32. The fraction of sp³-hybridized carbons (Fsp3) is 0.167. The summed E-state index contributed by atoms with van der Waals surface area (Å²) in [6.07, 6.45) is 0.653. The first-order valence-corrected chi connectivity index (χ1v) is 11.0. The van der Waals surface area contributed by atoms with E-state index in [9.17, 15) is 10.2 Å². The van der Waals surface area contributed by atoms with Gasteiger partial charge in [-0.05, 0) is 41.3 Å². The summed E-state index contributed by atoms with van der Waals surface area (Å²) >= 11 is 1.50. The molecule has 0 unspecified atom stereocenters. The summed E-state index contributed by atoms with van der Waals surface area (Å²) in [5, 5.41) is 27.7. The molecule has 1 aromatic heterocycles. The van der Waals surface area contributed by atoms with Gasteiger partial charge in [-0.15, -0.1) is 5.10 Å². The average molecular weight is 434 g/mol. The van der Waals surface area contributed by atoms with E-state index in [1.54, 1.807) is 6.07 Å². The second kappa shape index (κ2) is 9.57. The standard InChI is InChI=1S/C24H23N3O3S/c1-2-18-12-20(22(29)13-21(18)28)23-25-24(27-26-23)31-15-17-8-10-19(11-9-17)30-14-16-6-4-3-5-7-16/h3-13,28-29H,2,14-15H2,1H3,(H,25,26,27). The molecule has 0 aliphatic rings. The number of phenolic OH excluding ortho intramolecular Hbond substituents is 2. The Morgan fingerprint density at radius 3 is 2.45 bits per heavy atom. The summed E-state index contributed by atoms with van der Waals surface area (Å²) in [5.74, 6) is 2.05. The van der Waals surface area contributed by atoms with E-state index in [-0.39, 0.29) is 11.5 Å². The van der Waals surface area contributed by atoms with Crippen LogP contribution in [0.5, 0.6) is 17.2 Å². The Hall–Kier alpha value is -3.45. The van der Waals surface area contributed by atoms with Crippen molar-refractivity contribution in [3.63, 3.8) is 0 Å². The second-order valence-electron chi connectivity index (χ2n) is 7.03. The number of ether oxygens (including phenoxy) is 1. The van der Waals surface area contributed by atoms with Crippen molar-refractivity contribution in [3.05, 3.63) is 83.4 Å². The van der Waals surface area contributed by atoms with Crippen molar-refractivity contribution in [3.8, 4) is 28.6 Å². The van der Waals surface area contributed by atoms with Gasteiger partial charge in [-0.1, -0.05) is 61.2 Å². The van der Waals surface area contributed by atoms with Crippen LogP contribution in [0, 0.1) is 0 Å². The van der Waals surface area contributed by atoms with Crippen LogP contribution < -0.4 is 4.74 Å². The summed E-state index contributed by atoms with van der Waals surface area (Å²) < 4.78 is 5.82. The van der Waals surface area contributed by atoms with Crippen LogP contribution >= 0.6 is 11.8 Å². The van der Waals surface area contributed by atoms with Crippen LogP contribution in [0.4, 0.5) is 0 Å². The molecule has 6 nitrogen and oxygen atoms in total. The fourth-order valence-electron chi connectivity index (χ4n) is 3.10. The molecule has 0 aliphatic carbocycles. The van der Waals surface area contributed by atoms with Gasteiger partial charge in [0.05, 0.1) is 5.56 Å². The molecule has 0 bridgehead atoms. The summed E-state index contributed by atoms with van der Waals surface area (Å²) in [6.45, 7) is 2.48. The molecule has 4 rings (SSSR count). The van der Waals surface area contributed by atoms with E-state index in [1.165, 1.54) is 17.8 Å². The topological polar surface area (TPSA) is 91.3 Å². The molecule has 31 heavy (non-hydrogen) atoms. The van der Waals surface area contributed by atoms with Crippen molar-refractivity contribution in [2.24, 2.45) is 0 Å². The lowest BCUT2D eigenvalue weighted by Crippen LogP contribution is -1.95. The molecule has 0 saturated carbocycles. The van der Waals surface area contributed by atoms with Crippen LogP contribution in [-0.2, 0) is 18.8 Å². The van der Waals surface area contributed by atoms with Gasteiger partial charge in [-0.2, -0.15) is 0 Å². The lowest BCUT2D eigenvalue weighted by atomic mass is 10.1. The first-order chi connectivity index (χ1) is 15.1. The lowest BCUT2D eigenvalue weighted by molar-refractivity contribution is 0.306. The van der Waals surface area contributed by atoms with Gasteiger partial charge < -0.3 is 14.9 Å². The number of benzene rings is 3. The molecule has 0 saturated heterocycles. The molecular weight excluding hydrogens is 410 g/mol. The van der Waals surface area contributed by atoms with E-state index < -0.39 is 0 Å². The third-order valence-electron chi connectivity index (χ3n) is 4.84. The van der Waals surface area contributed by atoms with E-state index in [4.69, 9.17) is 4.74 Å². The highest BCUT2D eigenvalue weighted by atomic mass is 32.2. The van der Waals surface area contributed by atoms with Gasteiger partial charge in [-0.25, -0.2) is 4.98 Å². The molecule has 1 heterocycles. The number of nitrogens with zero attached hydrogens (tertiary/aromatic N) is 2. The van der Waals surface area contributed by atoms with Crippen molar-refractivity contribution in [2.45, 2.75) is 30.9 Å². The Morgan fingerprint density at radius 1 is 0.935 bits per heavy atom. The summed E-state index contributed by atoms with van der Waals surface area (Å²) in [6, 6.07) is 21.1. The number of H-pyrrole nitrogens is 1. The van der Waals surface area contributed by atoms with Gasteiger partial charge in [0.2, 0.25) is 5.16 Å². The molecule has 4 aromatic rings. The summed E-state index contributed by atoms with van der Waals surface area (Å²) in [7, 11) is 0. The number of aryl methyl sites for hydroxylation is 1. The van der Waals surface area contributed by atoms with Crippen molar-refractivity contribution < 1.29 is 14.9 Å². The van der Waals surface area contributed by atoms with E-state index in [1.807, 2.05) is 61.5 Å². The molecule has 0 radical (unpaired) electrons. The Morgan fingerprint density at radius 2 is 1.71 bits per heavy atom. The Kier molecular flexibility index (Phi) is 6.43. The van der Waals surface area contributed by atoms with Crippen molar-refractivity contribution in [1.29, 1.82) is 0 Å². The number of hydrogen-bond donors (Lipinski definition) is 3. The zero-order chi connectivity index (χ0) is 21.6. The maximum absolute atomic E-state index is 10.2. The minimum Gasteiger partial charge on any atom is -0.508 e. The highest BCUT2D eigenvalue weighted by Gasteiger charge is 2.14. The number of phenols is 2. The first kappa shape index (κ1) is 20.8. The van der Waals surface area contributed by atoms with E-state index in [0.29, 0.717) is 35.3 Å². The van der Waals surface area contributed by atoms with Gasteiger partial charge in [-0.3, -0.25) is 5.10 Å². The predicted molar refractivity (Wildman–Crippen MR) is 121 cm³/mol. The molecule has 7 heteroatoms. The SMILES string of the molecule is CCc1cc(-c2nc(SCc3ccc(OCc4ccccc4)cc3)n[nH]2)c(O)cc1O. The van der Waals surface area contributed by atoms with Gasteiger partial charge in [0.1, 0.15) is 23.9 Å². The zero-order valence-electron chi connectivity index (χ0n) is 17.1. The first-order valence-electron chi connectivity index (χ1n) is 9.98. The van der Waals surface area contributed by atoms with E-state index in [0.717, 1.165) is 22.4 Å². The molecule has 0 atom stereocenters. The van der Waals surface area contributed by atoms with Gasteiger partial charge >= 0.3 is 0 Å². The normalized spacial score (nSPS) is 10.9. The lowest BCUT2D eigenvalue weighted by Gasteiger charge is -2.07. The van der Waals surface area contributed by atoms with Gasteiger partial charge in [0.25, 0.3) is 0 Å². The number of aromatic nitrogens is 3. The number of rotatable bonds is 8. The third-order valence-corrected chi connectivity index (χ3v) is 5.76. The smallest absolute Gasteiger partial charge is 0.209 e. The molecule has 0 fully saturated rings. The zero-order valence-corrected chi connectivity index (χ0v) is 17.9. The van der Waals surface area contributed by atoms with Crippen molar-refractivity contribution in [1.82, 2.24) is 15.2 Å². The molecular formula is C24H23N3O3S. The van der Waals surface area contributed by atoms with E-state index in [2.05, 4.69) is 15.2 Å². The molecule has 3 aromatic carbocycles. The molecule has 0 amide bonds. The molecule has 3 N–H and O–H groups in total. The Bertz CT molecular complexity index is 1140. The quantitative estimate of drug-likeness (QED) is 0.326. The number of nitrogens with one attached hydrogen (secondary N) is 1. The largest absolute Gasteiger partial charge is 0.508 e. The maximum Gasteiger partial charge on any atom is 0.209 e. The Labute approximate surface area is 185 Å². The van der Waals surface area contributed by atoms with Gasteiger partial charge in [0.15, 0.2) is 5.82 Å². The van der Waals surface area contributed by atoms with Crippen LogP contribution in [0.25, 0.3) is 11.4 Å². The van der Waals surface area contributed by atoms with Crippen molar-refractivity contribution >= 4 is 11.8 Å². The third kappa shape index (κ3) is 5.19. The fourth-order valence-corrected chi connectivity index (χ4v) is 3.85. The minimum absolute atomic E-state index is 0.0338. The highest BCUT2D eigenvalue weighted by Crippen LogP contribution is 2.34. The van der Waals surface area contributed by atoms with Crippen LogP contribution in [0.2, 0.25) is 0 Å².